The van der Waals surface area contributed by atoms with Crippen molar-refractivity contribution in [3.8, 4) is 0 Å². The number of aryl methyl sites for hydroxylation is 1. The Morgan fingerprint density at radius 2 is 2.16 bits per heavy atom. The van der Waals surface area contributed by atoms with Crippen LogP contribution in [-0.4, -0.2) is 48.6 Å². The van der Waals surface area contributed by atoms with Gasteiger partial charge in [0.15, 0.2) is 0 Å². The minimum Gasteiger partial charge on any atom is -0.373 e. The summed E-state index contributed by atoms with van der Waals surface area (Å²) >= 11 is 0. The molecule has 19 heavy (non-hydrogen) atoms. The topological polar surface area (TPSA) is 53.1 Å². The fourth-order valence-electron chi connectivity index (χ4n) is 2.49. The first kappa shape index (κ1) is 14.1. The Kier molecular flexibility index (Phi) is 4.96. The van der Waals surface area contributed by atoms with E-state index in [1.54, 1.807) is 0 Å². The van der Waals surface area contributed by atoms with Gasteiger partial charge in [0.1, 0.15) is 17.5 Å². The second-order valence-corrected chi connectivity index (χ2v) is 5.35. The van der Waals surface area contributed by atoms with Crippen molar-refractivity contribution < 1.29 is 0 Å². The molecule has 0 aliphatic carbocycles. The quantitative estimate of drug-likeness (QED) is 0.820. The van der Waals surface area contributed by atoms with Gasteiger partial charge < -0.3 is 15.5 Å². The summed E-state index contributed by atoms with van der Waals surface area (Å²) in [5.74, 6) is 3.48. The molecule has 1 aliphatic rings. The van der Waals surface area contributed by atoms with Crippen LogP contribution in [-0.2, 0) is 6.42 Å². The molecule has 1 atom stereocenters. The van der Waals surface area contributed by atoms with Gasteiger partial charge in [0.2, 0.25) is 0 Å². The third-order valence-electron chi connectivity index (χ3n) is 3.56. The van der Waals surface area contributed by atoms with Crippen molar-refractivity contribution in [1.29, 1.82) is 0 Å². The van der Waals surface area contributed by atoms with Gasteiger partial charge in [0.05, 0.1) is 0 Å². The highest BCUT2D eigenvalue weighted by Gasteiger charge is 2.19. The molecule has 5 nitrogen and oxygen atoms in total. The van der Waals surface area contributed by atoms with Crippen LogP contribution in [0, 0.1) is 5.92 Å². The molecule has 0 amide bonds. The number of rotatable bonds is 6. The number of hydrogen-bond acceptors (Lipinski definition) is 5. The molecule has 106 valence electrons. The van der Waals surface area contributed by atoms with Gasteiger partial charge >= 0.3 is 0 Å². The Labute approximate surface area is 115 Å². The standard InChI is InChI=1S/C14H25N5/c1-4-5-12-17-13(15-2)8-14(18-12)16-9-11-6-7-19(3)10-11/h8,11H,4-7,9-10H2,1-3H3,(H2,15,16,17,18). The van der Waals surface area contributed by atoms with E-state index in [0.29, 0.717) is 0 Å². The number of likely N-dealkylation sites (tertiary alicyclic amines) is 1. The third kappa shape index (κ3) is 4.06. The fraction of sp³-hybridized carbons (Fsp3) is 0.714. The van der Waals surface area contributed by atoms with E-state index in [1.807, 2.05) is 13.1 Å². The molecule has 2 N–H and O–H groups in total. The molecule has 2 heterocycles. The third-order valence-corrected chi connectivity index (χ3v) is 3.56. The van der Waals surface area contributed by atoms with Gasteiger partial charge in [-0.15, -0.1) is 0 Å². The number of anilines is 2. The van der Waals surface area contributed by atoms with E-state index in [9.17, 15) is 0 Å². The van der Waals surface area contributed by atoms with E-state index in [1.165, 1.54) is 19.5 Å². The van der Waals surface area contributed by atoms with Gasteiger partial charge in [-0.3, -0.25) is 0 Å². The molecular weight excluding hydrogens is 238 g/mol. The molecule has 0 bridgehead atoms. The molecule has 2 rings (SSSR count). The fourth-order valence-corrected chi connectivity index (χ4v) is 2.49. The summed E-state index contributed by atoms with van der Waals surface area (Å²) in [6.45, 7) is 5.53. The normalized spacial score (nSPS) is 19.6. The average molecular weight is 263 g/mol. The minimum atomic E-state index is 0.729. The van der Waals surface area contributed by atoms with Gasteiger partial charge in [0, 0.05) is 32.6 Å². The first-order valence-corrected chi connectivity index (χ1v) is 7.19. The van der Waals surface area contributed by atoms with E-state index in [-0.39, 0.29) is 0 Å². The van der Waals surface area contributed by atoms with Crippen LogP contribution in [0.5, 0.6) is 0 Å². The summed E-state index contributed by atoms with van der Waals surface area (Å²) < 4.78 is 0. The SMILES string of the molecule is CCCc1nc(NC)cc(NCC2CCN(C)C2)n1. The molecule has 0 spiro atoms. The largest absolute Gasteiger partial charge is 0.373 e. The zero-order chi connectivity index (χ0) is 13.7. The van der Waals surface area contributed by atoms with Crippen molar-refractivity contribution in [3.63, 3.8) is 0 Å². The predicted molar refractivity (Wildman–Crippen MR) is 79.7 cm³/mol. The average Bonchev–Trinajstić information content (AvgIpc) is 2.82. The van der Waals surface area contributed by atoms with Crippen molar-refractivity contribution in [1.82, 2.24) is 14.9 Å². The molecular formula is C14H25N5. The highest BCUT2D eigenvalue weighted by atomic mass is 15.1. The van der Waals surface area contributed by atoms with Crippen molar-refractivity contribution in [2.75, 3.05) is 44.4 Å². The van der Waals surface area contributed by atoms with E-state index in [4.69, 9.17) is 0 Å². The first-order valence-electron chi connectivity index (χ1n) is 7.19. The molecule has 1 aliphatic heterocycles. The van der Waals surface area contributed by atoms with Crippen LogP contribution in [0.4, 0.5) is 11.6 Å². The van der Waals surface area contributed by atoms with Gasteiger partial charge in [-0.25, -0.2) is 9.97 Å². The van der Waals surface area contributed by atoms with Crippen molar-refractivity contribution in [3.05, 3.63) is 11.9 Å². The molecule has 0 aromatic carbocycles. The van der Waals surface area contributed by atoms with E-state index in [0.717, 1.165) is 42.8 Å². The van der Waals surface area contributed by atoms with E-state index >= 15 is 0 Å². The van der Waals surface area contributed by atoms with Crippen LogP contribution in [0.1, 0.15) is 25.6 Å². The maximum absolute atomic E-state index is 4.58. The summed E-state index contributed by atoms with van der Waals surface area (Å²) in [5.41, 5.74) is 0. The lowest BCUT2D eigenvalue weighted by Gasteiger charge is -2.13. The minimum absolute atomic E-state index is 0.729. The van der Waals surface area contributed by atoms with Gasteiger partial charge in [-0.05, 0) is 32.4 Å². The number of aromatic nitrogens is 2. The van der Waals surface area contributed by atoms with Crippen LogP contribution < -0.4 is 10.6 Å². The summed E-state index contributed by atoms with van der Waals surface area (Å²) in [6.07, 6.45) is 3.27. The molecule has 5 heteroatoms. The predicted octanol–water partition coefficient (Wildman–Crippen LogP) is 1.83. The highest BCUT2D eigenvalue weighted by Crippen LogP contribution is 2.17. The zero-order valence-electron chi connectivity index (χ0n) is 12.2. The smallest absolute Gasteiger partial charge is 0.133 e. The van der Waals surface area contributed by atoms with Crippen molar-refractivity contribution in [2.45, 2.75) is 26.2 Å². The van der Waals surface area contributed by atoms with Gasteiger partial charge in [0.25, 0.3) is 0 Å². The van der Waals surface area contributed by atoms with Crippen LogP contribution in [0.2, 0.25) is 0 Å². The van der Waals surface area contributed by atoms with E-state index < -0.39 is 0 Å². The van der Waals surface area contributed by atoms with E-state index in [2.05, 4.69) is 39.5 Å². The monoisotopic (exact) mass is 263 g/mol. The Hall–Kier alpha value is -1.36. The molecule has 1 aromatic rings. The molecule has 0 radical (unpaired) electrons. The lowest BCUT2D eigenvalue weighted by atomic mass is 10.1. The van der Waals surface area contributed by atoms with Crippen LogP contribution >= 0.6 is 0 Å². The Balaban J connectivity index is 1.96. The first-order chi connectivity index (χ1) is 9.21. The van der Waals surface area contributed by atoms with Crippen LogP contribution in [0.15, 0.2) is 6.07 Å². The lowest BCUT2D eigenvalue weighted by molar-refractivity contribution is 0.399. The lowest BCUT2D eigenvalue weighted by Crippen LogP contribution is -2.19. The summed E-state index contributed by atoms with van der Waals surface area (Å²) in [7, 11) is 4.08. The number of nitrogens with one attached hydrogen (secondary N) is 2. The number of nitrogens with zero attached hydrogens (tertiary/aromatic N) is 3. The highest BCUT2D eigenvalue weighted by molar-refractivity contribution is 5.47. The maximum atomic E-state index is 4.58. The molecule has 1 saturated heterocycles. The molecule has 1 aromatic heterocycles. The van der Waals surface area contributed by atoms with Gasteiger partial charge in [-0.1, -0.05) is 6.92 Å². The molecule has 1 unspecified atom stereocenters. The van der Waals surface area contributed by atoms with Crippen LogP contribution in [0.3, 0.4) is 0 Å². The van der Waals surface area contributed by atoms with Gasteiger partial charge in [-0.2, -0.15) is 0 Å². The van der Waals surface area contributed by atoms with Crippen molar-refractivity contribution in [2.24, 2.45) is 5.92 Å². The number of hydrogen-bond donors (Lipinski definition) is 2. The summed E-state index contributed by atoms with van der Waals surface area (Å²) in [5, 5.41) is 6.56. The maximum Gasteiger partial charge on any atom is 0.133 e. The van der Waals surface area contributed by atoms with Crippen molar-refractivity contribution >= 4 is 11.6 Å². The second-order valence-electron chi connectivity index (χ2n) is 5.35. The molecule has 0 saturated carbocycles. The Morgan fingerprint density at radius 3 is 2.79 bits per heavy atom. The summed E-state index contributed by atoms with van der Waals surface area (Å²) in [4.78, 5) is 11.4. The summed E-state index contributed by atoms with van der Waals surface area (Å²) in [6, 6.07) is 1.98. The second kappa shape index (κ2) is 6.70. The Bertz CT molecular complexity index is 407. The zero-order valence-corrected chi connectivity index (χ0v) is 12.2. The van der Waals surface area contributed by atoms with Crippen LogP contribution in [0.25, 0.3) is 0 Å². The molecule has 1 fully saturated rings. The Morgan fingerprint density at radius 1 is 1.37 bits per heavy atom.